The van der Waals surface area contributed by atoms with Gasteiger partial charge in [0.25, 0.3) is 5.56 Å². The molecular formula is C17H24N6O3. The van der Waals surface area contributed by atoms with Crippen LogP contribution in [0.2, 0.25) is 0 Å². The van der Waals surface area contributed by atoms with E-state index < -0.39 is 6.04 Å². The van der Waals surface area contributed by atoms with Crippen molar-refractivity contribution in [2.45, 2.75) is 57.2 Å². The minimum atomic E-state index is -0.529. The van der Waals surface area contributed by atoms with Crippen LogP contribution in [0.5, 0.6) is 0 Å². The van der Waals surface area contributed by atoms with Gasteiger partial charge in [0, 0.05) is 6.61 Å². The van der Waals surface area contributed by atoms with Crippen LogP contribution in [0.25, 0.3) is 11.0 Å². The van der Waals surface area contributed by atoms with Crippen molar-refractivity contribution in [3.8, 4) is 0 Å². The molecule has 2 aliphatic rings. The molecule has 1 saturated carbocycles. The molecule has 0 aromatic carbocycles. The topological polar surface area (TPSA) is 114 Å². The quantitative estimate of drug-likeness (QED) is 0.731. The number of H-pyrrole nitrogens is 1. The molecule has 2 fully saturated rings. The van der Waals surface area contributed by atoms with Gasteiger partial charge in [0.15, 0.2) is 5.65 Å². The van der Waals surface area contributed by atoms with Crippen molar-refractivity contribution >= 4 is 22.9 Å². The molecule has 26 heavy (non-hydrogen) atoms. The second-order valence-electron chi connectivity index (χ2n) is 7.11. The van der Waals surface area contributed by atoms with E-state index in [1.165, 1.54) is 12.8 Å². The molecule has 2 aromatic rings. The van der Waals surface area contributed by atoms with Gasteiger partial charge in [0.1, 0.15) is 11.4 Å². The Kier molecular flexibility index (Phi) is 4.62. The molecule has 3 heterocycles. The number of hydrogen-bond acceptors (Lipinski definition) is 6. The van der Waals surface area contributed by atoms with Crippen molar-refractivity contribution in [3.63, 3.8) is 0 Å². The van der Waals surface area contributed by atoms with Crippen LogP contribution >= 0.6 is 0 Å². The molecule has 3 N–H and O–H groups in total. The Balaban J connectivity index is 1.53. The Morgan fingerprint density at radius 3 is 2.92 bits per heavy atom. The van der Waals surface area contributed by atoms with Crippen LogP contribution in [-0.2, 0) is 9.53 Å². The molecule has 1 aliphatic heterocycles. The van der Waals surface area contributed by atoms with E-state index in [1.54, 1.807) is 13.1 Å². The summed E-state index contributed by atoms with van der Waals surface area (Å²) in [5.41, 5.74) is 0.318. The third kappa shape index (κ3) is 3.31. The van der Waals surface area contributed by atoms with Gasteiger partial charge in [-0.1, -0.05) is 12.8 Å². The minimum Gasteiger partial charge on any atom is -0.379 e. The maximum absolute atomic E-state index is 12.4. The number of nitrogens with one attached hydrogen (secondary N) is 3. The fraction of sp³-hybridized carbons (Fsp3) is 0.647. The summed E-state index contributed by atoms with van der Waals surface area (Å²) in [5, 5.41) is 10.8. The average molecular weight is 360 g/mol. The molecule has 9 nitrogen and oxygen atoms in total. The second kappa shape index (κ2) is 7.06. The zero-order valence-electron chi connectivity index (χ0n) is 14.8. The number of aromatic nitrogens is 4. The number of carbonyl (C=O) groups excluding carboxylic acids is 1. The zero-order valence-corrected chi connectivity index (χ0v) is 14.8. The van der Waals surface area contributed by atoms with Gasteiger partial charge in [0.05, 0.1) is 24.9 Å². The molecule has 2 aromatic heterocycles. The number of hydrogen-bond donors (Lipinski definition) is 3. The summed E-state index contributed by atoms with van der Waals surface area (Å²) in [4.78, 5) is 31.9. The lowest BCUT2D eigenvalue weighted by Crippen LogP contribution is -2.43. The number of rotatable bonds is 5. The van der Waals surface area contributed by atoms with Gasteiger partial charge >= 0.3 is 0 Å². The van der Waals surface area contributed by atoms with Crippen molar-refractivity contribution < 1.29 is 9.53 Å². The van der Waals surface area contributed by atoms with E-state index in [0.29, 0.717) is 24.2 Å². The lowest BCUT2D eigenvalue weighted by atomic mass is 10.2. The van der Waals surface area contributed by atoms with Crippen LogP contribution in [0.3, 0.4) is 0 Å². The smallest absolute Gasteiger partial charge is 0.263 e. The fourth-order valence-corrected chi connectivity index (χ4v) is 3.67. The monoisotopic (exact) mass is 360 g/mol. The van der Waals surface area contributed by atoms with E-state index >= 15 is 0 Å². The average Bonchev–Trinajstić information content (AvgIpc) is 3.35. The van der Waals surface area contributed by atoms with Crippen molar-refractivity contribution in [3.05, 3.63) is 16.6 Å². The van der Waals surface area contributed by atoms with Crippen molar-refractivity contribution in [2.75, 3.05) is 18.5 Å². The standard InChI is InChI=1S/C17H24N6O3/c1-10(15(24)20-11-6-7-26-9-11)19-17-21-14-13(16(25)22-17)8-18-23(14)12-4-2-3-5-12/h8,10-12H,2-7,9H2,1H3,(H,20,24)(H2,19,21,22,25)/t10-,11?/m1/s1. The Bertz CT molecular complexity index is 848. The molecule has 0 bridgehead atoms. The van der Waals surface area contributed by atoms with Crippen molar-refractivity contribution in [1.82, 2.24) is 25.1 Å². The molecule has 4 rings (SSSR count). The number of nitrogens with zero attached hydrogens (tertiary/aromatic N) is 3. The highest BCUT2D eigenvalue weighted by Gasteiger charge is 2.23. The van der Waals surface area contributed by atoms with Crippen LogP contribution in [0.4, 0.5) is 5.95 Å². The molecule has 1 amide bonds. The molecule has 2 atom stereocenters. The molecule has 1 aliphatic carbocycles. The first-order valence-electron chi connectivity index (χ1n) is 9.24. The van der Waals surface area contributed by atoms with Crippen LogP contribution in [-0.4, -0.2) is 51.0 Å². The number of anilines is 1. The fourth-order valence-electron chi connectivity index (χ4n) is 3.67. The summed E-state index contributed by atoms with van der Waals surface area (Å²) < 4.78 is 7.12. The van der Waals surface area contributed by atoms with Gasteiger partial charge < -0.3 is 15.4 Å². The van der Waals surface area contributed by atoms with E-state index in [-0.39, 0.29) is 29.5 Å². The van der Waals surface area contributed by atoms with Crippen molar-refractivity contribution in [2.24, 2.45) is 0 Å². The Morgan fingerprint density at radius 1 is 1.38 bits per heavy atom. The largest absolute Gasteiger partial charge is 0.379 e. The maximum atomic E-state index is 12.4. The summed E-state index contributed by atoms with van der Waals surface area (Å²) in [6.45, 7) is 2.95. The molecule has 1 saturated heterocycles. The highest BCUT2D eigenvalue weighted by atomic mass is 16.5. The highest BCUT2D eigenvalue weighted by Crippen LogP contribution is 2.30. The molecular weight excluding hydrogens is 336 g/mol. The van der Waals surface area contributed by atoms with Crippen LogP contribution in [0.1, 0.15) is 45.1 Å². The van der Waals surface area contributed by atoms with E-state index in [1.807, 2.05) is 4.68 Å². The third-order valence-electron chi connectivity index (χ3n) is 5.16. The molecule has 0 spiro atoms. The number of amides is 1. The van der Waals surface area contributed by atoms with Gasteiger partial charge in [0.2, 0.25) is 11.9 Å². The zero-order chi connectivity index (χ0) is 18.1. The first kappa shape index (κ1) is 17.0. The lowest BCUT2D eigenvalue weighted by Gasteiger charge is -2.17. The summed E-state index contributed by atoms with van der Waals surface area (Å²) in [6, 6.07) is -0.193. The van der Waals surface area contributed by atoms with Crippen LogP contribution in [0, 0.1) is 0 Å². The van der Waals surface area contributed by atoms with Gasteiger partial charge in [-0.3, -0.25) is 14.6 Å². The highest BCUT2D eigenvalue weighted by molar-refractivity contribution is 5.84. The second-order valence-corrected chi connectivity index (χ2v) is 7.11. The number of fused-ring (bicyclic) bond motifs is 1. The summed E-state index contributed by atoms with van der Waals surface area (Å²) in [5.74, 6) is 0.139. The summed E-state index contributed by atoms with van der Waals surface area (Å²) in [6.07, 6.45) is 6.83. The van der Waals surface area contributed by atoms with Crippen molar-refractivity contribution in [1.29, 1.82) is 0 Å². The predicted molar refractivity (Wildman–Crippen MR) is 96.1 cm³/mol. The molecule has 9 heteroatoms. The molecule has 140 valence electrons. The van der Waals surface area contributed by atoms with E-state index in [2.05, 4.69) is 25.7 Å². The molecule has 0 radical (unpaired) electrons. The van der Waals surface area contributed by atoms with Gasteiger partial charge in [-0.2, -0.15) is 10.1 Å². The SMILES string of the molecule is C[C@@H](Nc1nc2c(cnn2C2CCCC2)c(=O)[nH]1)C(=O)NC1CCOC1. The van der Waals surface area contributed by atoms with Crippen LogP contribution < -0.4 is 16.2 Å². The Morgan fingerprint density at radius 2 is 2.19 bits per heavy atom. The Hall–Kier alpha value is -2.42. The van der Waals surface area contributed by atoms with Gasteiger partial charge in [-0.25, -0.2) is 4.68 Å². The first-order valence-corrected chi connectivity index (χ1v) is 9.24. The van der Waals surface area contributed by atoms with E-state index in [4.69, 9.17) is 4.74 Å². The minimum absolute atomic E-state index is 0.0463. The Labute approximate surface area is 150 Å². The van der Waals surface area contributed by atoms with Gasteiger partial charge in [-0.05, 0) is 26.2 Å². The predicted octanol–water partition coefficient (Wildman–Crippen LogP) is 0.940. The summed E-state index contributed by atoms with van der Waals surface area (Å²) >= 11 is 0. The maximum Gasteiger partial charge on any atom is 0.263 e. The third-order valence-corrected chi connectivity index (χ3v) is 5.16. The van der Waals surface area contributed by atoms with E-state index in [0.717, 1.165) is 19.3 Å². The number of carbonyl (C=O) groups is 1. The number of ether oxygens (including phenoxy) is 1. The normalized spacial score (nSPS) is 22.0. The number of aromatic amines is 1. The van der Waals surface area contributed by atoms with E-state index in [9.17, 15) is 9.59 Å². The van der Waals surface area contributed by atoms with Gasteiger partial charge in [-0.15, -0.1) is 0 Å². The molecule has 1 unspecified atom stereocenters. The summed E-state index contributed by atoms with van der Waals surface area (Å²) in [7, 11) is 0. The lowest BCUT2D eigenvalue weighted by molar-refractivity contribution is -0.122. The first-order chi connectivity index (χ1) is 12.6. The van der Waals surface area contributed by atoms with Crippen LogP contribution in [0.15, 0.2) is 11.0 Å².